The van der Waals surface area contributed by atoms with Crippen LogP contribution in [0.4, 0.5) is 0 Å². The van der Waals surface area contributed by atoms with Crippen molar-refractivity contribution in [3.05, 3.63) is 30.3 Å². The molecule has 2 fully saturated rings. The Bertz CT molecular complexity index is 432. The van der Waals surface area contributed by atoms with Gasteiger partial charge in [0.25, 0.3) is 0 Å². The minimum Gasteiger partial charge on any atom is -0.197 e. The third-order valence-corrected chi connectivity index (χ3v) is 5.52. The zero-order valence-corrected chi connectivity index (χ0v) is 10.8. The number of hydrogen-bond acceptors (Lipinski definition) is 2. The van der Waals surface area contributed by atoms with Crippen LogP contribution in [0.25, 0.3) is 0 Å². The molecular formula is C15H17NS. The van der Waals surface area contributed by atoms with Crippen molar-refractivity contribution in [2.24, 2.45) is 5.41 Å². The van der Waals surface area contributed by atoms with E-state index in [1.54, 1.807) is 11.8 Å². The summed E-state index contributed by atoms with van der Waals surface area (Å²) in [5, 5.41) is 9.47. The van der Waals surface area contributed by atoms with Gasteiger partial charge in [-0.15, -0.1) is 11.8 Å². The van der Waals surface area contributed by atoms with Crippen molar-refractivity contribution in [1.29, 1.82) is 5.26 Å². The maximum Gasteiger partial charge on any atom is 0.108 e. The lowest BCUT2D eigenvalue weighted by Crippen LogP contribution is -2.47. The van der Waals surface area contributed by atoms with Gasteiger partial charge in [-0.3, -0.25) is 0 Å². The highest BCUT2D eigenvalue weighted by Crippen LogP contribution is 2.63. The van der Waals surface area contributed by atoms with Crippen molar-refractivity contribution in [3.63, 3.8) is 0 Å². The highest BCUT2D eigenvalue weighted by atomic mass is 32.2. The molecule has 0 aliphatic heterocycles. The monoisotopic (exact) mass is 243 g/mol. The Morgan fingerprint density at radius 3 is 2.29 bits per heavy atom. The van der Waals surface area contributed by atoms with E-state index in [0.717, 1.165) is 12.8 Å². The summed E-state index contributed by atoms with van der Waals surface area (Å²) in [4.78, 5) is 1.24. The topological polar surface area (TPSA) is 23.8 Å². The van der Waals surface area contributed by atoms with Crippen LogP contribution in [0.3, 0.4) is 0 Å². The van der Waals surface area contributed by atoms with E-state index in [1.165, 1.54) is 30.6 Å². The number of nitrogens with zero attached hydrogens (tertiary/aromatic N) is 1. The highest BCUT2D eigenvalue weighted by Gasteiger charge is 2.56. The van der Waals surface area contributed by atoms with E-state index in [0.29, 0.717) is 5.41 Å². The van der Waals surface area contributed by atoms with E-state index in [2.05, 4.69) is 30.3 Å². The number of rotatable bonds is 2. The molecule has 0 radical (unpaired) electrons. The quantitative estimate of drug-likeness (QED) is 0.769. The van der Waals surface area contributed by atoms with Crippen LogP contribution < -0.4 is 0 Å². The standard InChI is InChI=1S/C15H17NS/c16-12-15(17-13-6-2-1-3-7-13)10-14(11-15)8-4-5-9-14/h1-3,6-7H,4-5,8-11H2. The van der Waals surface area contributed by atoms with Gasteiger partial charge in [0, 0.05) is 4.90 Å². The Morgan fingerprint density at radius 1 is 1.06 bits per heavy atom. The molecule has 0 heterocycles. The Hall–Kier alpha value is -0.940. The maximum atomic E-state index is 9.47. The molecule has 1 aromatic carbocycles. The first-order chi connectivity index (χ1) is 8.26. The molecule has 0 amide bonds. The Morgan fingerprint density at radius 2 is 1.71 bits per heavy atom. The van der Waals surface area contributed by atoms with Gasteiger partial charge < -0.3 is 0 Å². The molecule has 0 aromatic heterocycles. The van der Waals surface area contributed by atoms with Crippen LogP contribution >= 0.6 is 11.8 Å². The molecule has 17 heavy (non-hydrogen) atoms. The van der Waals surface area contributed by atoms with Crippen LogP contribution in [0.5, 0.6) is 0 Å². The fourth-order valence-electron chi connectivity index (χ4n) is 3.53. The van der Waals surface area contributed by atoms with Crippen LogP contribution in [0.15, 0.2) is 35.2 Å². The van der Waals surface area contributed by atoms with E-state index in [9.17, 15) is 5.26 Å². The van der Waals surface area contributed by atoms with Crippen molar-refractivity contribution < 1.29 is 0 Å². The smallest absolute Gasteiger partial charge is 0.108 e. The molecule has 2 aliphatic rings. The molecule has 0 bridgehead atoms. The molecule has 0 saturated heterocycles. The lowest BCUT2D eigenvalue weighted by atomic mass is 9.61. The molecule has 2 heteroatoms. The van der Waals surface area contributed by atoms with Gasteiger partial charge in [0.05, 0.1) is 6.07 Å². The van der Waals surface area contributed by atoms with Crippen molar-refractivity contribution in [3.8, 4) is 6.07 Å². The van der Waals surface area contributed by atoms with Gasteiger partial charge in [-0.1, -0.05) is 31.0 Å². The number of benzene rings is 1. The van der Waals surface area contributed by atoms with E-state index < -0.39 is 0 Å². The molecule has 2 aliphatic carbocycles. The molecule has 2 saturated carbocycles. The van der Waals surface area contributed by atoms with E-state index in [-0.39, 0.29) is 4.75 Å². The summed E-state index contributed by atoms with van der Waals surface area (Å²) in [6.45, 7) is 0. The summed E-state index contributed by atoms with van der Waals surface area (Å²) in [7, 11) is 0. The fourth-order valence-corrected chi connectivity index (χ4v) is 5.07. The molecule has 1 nitrogen and oxygen atoms in total. The average molecular weight is 243 g/mol. The predicted molar refractivity (Wildman–Crippen MR) is 70.8 cm³/mol. The summed E-state index contributed by atoms with van der Waals surface area (Å²) in [5.41, 5.74) is 0.539. The van der Waals surface area contributed by atoms with Gasteiger partial charge in [-0.05, 0) is 43.2 Å². The van der Waals surface area contributed by atoms with Crippen LogP contribution in [-0.4, -0.2) is 4.75 Å². The van der Waals surface area contributed by atoms with E-state index >= 15 is 0 Å². The first-order valence-corrected chi connectivity index (χ1v) is 7.23. The van der Waals surface area contributed by atoms with E-state index in [1.807, 2.05) is 6.07 Å². The summed E-state index contributed by atoms with van der Waals surface area (Å²) >= 11 is 1.78. The van der Waals surface area contributed by atoms with Crippen molar-refractivity contribution in [1.82, 2.24) is 0 Å². The number of thioether (sulfide) groups is 1. The SMILES string of the molecule is N#CC1(Sc2ccccc2)CC2(CCCC2)C1. The predicted octanol–water partition coefficient (Wildman–Crippen LogP) is 4.40. The summed E-state index contributed by atoms with van der Waals surface area (Å²) in [6.07, 6.45) is 7.67. The third kappa shape index (κ3) is 1.98. The van der Waals surface area contributed by atoms with Crippen molar-refractivity contribution in [2.75, 3.05) is 0 Å². The minimum absolute atomic E-state index is 0.133. The summed E-state index contributed by atoms with van der Waals surface area (Å²) < 4.78 is -0.133. The minimum atomic E-state index is -0.133. The zero-order valence-electron chi connectivity index (χ0n) is 9.98. The Labute approximate surface area is 107 Å². The number of nitriles is 1. The highest BCUT2D eigenvalue weighted by molar-refractivity contribution is 8.01. The molecule has 0 unspecified atom stereocenters. The van der Waals surface area contributed by atoms with Crippen LogP contribution in [0, 0.1) is 16.7 Å². The zero-order chi connectivity index (χ0) is 11.8. The average Bonchev–Trinajstić information content (AvgIpc) is 2.78. The molecular weight excluding hydrogens is 226 g/mol. The molecule has 1 spiro atoms. The summed E-state index contributed by atoms with van der Waals surface area (Å²) in [6, 6.07) is 12.9. The normalized spacial score (nSPS) is 24.2. The van der Waals surface area contributed by atoms with E-state index in [4.69, 9.17) is 0 Å². The van der Waals surface area contributed by atoms with Gasteiger partial charge in [0.15, 0.2) is 0 Å². The molecule has 1 aromatic rings. The lowest BCUT2D eigenvalue weighted by molar-refractivity contribution is 0.119. The second-order valence-corrected chi connectivity index (χ2v) is 7.04. The second kappa shape index (κ2) is 4.07. The van der Waals surface area contributed by atoms with Crippen LogP contribution in [-0.2, 0) is 0 Å². The van der Waals surface area contributed by atoms with Gasteiger partial charge in [0.2, 0.25) is 0 Å². The fraction of sp³-hybridized carbons (Fsp3) is 0.533. The molecule has 0 atom stereocenters. The van der Waals surface area contributed by atoms with Gasteiger partial charge in [0.1, 0.15) is 4.75 Å². The third-order valence-electron chi connectivity index (χ3n) is 4.25. The number of hydrogen-bond donors (Lipinski definition) is 0. The van der Waals surface area contributed by atoms with Gasteiger partial charge in [-0.25, -0.2) is 0 Å². The summed E-state index contributed by atoms with van der Waals surface area (Å²) in [5.74, 6) is 0. The Balaban J connectivity index is 1.72. The largest absolute Gasteiger partial charge is 0.197 e. The second-order valence-electron chi connectivity index (χ2n) is 5.58. The van der Waals surface area contributed by atoms with Crippen molar-refractivity contribution >= 4 is 11.8 Å². The molecule has 3 rings (SSSR count). The lowest BCUT2D eigenvalue weighted by Gasteiger charge is -2.50. The Kier molecular flexibility index (Phi) is 2.67. The molecule has 0 N–H and O–H groups in total. The van der Waals surface area contributed by atoms with Gasteiger partial charge in [-0.2, -0.15) is 5.26 Å². The van der Waals surface area contributed by atoms with Gasteiger partial charge >= 0.3 is 0 Å². The maximum absolute atomic E-state index is 9.47. The first-order valence-electron chi connectivity index (χ1n) is 6.41. The first kappa shape index (κ1) is 11.2. The van der Waals surface area contributed by atoms with Crippen LogP contribution in [0.1, 0.15) is 38.5 Å². The van der Waals surface area contributed by atoms with Crippen molar-refractivity contribution in [2.45, 2.75) is 48.2 Å². The molecule has 88 valence electrons. The van der Waals surface area contributed by atoms with Crippen LogP contribution in [0.2, 0.25) is 0 Å².